The van der Waals surface area contributed by atoms with Crippen molar-refractivity contribution in [3.05, 3.63) is 71.3 Å². The van der Waals surface area contributed by atoms with Crippen LogP contribution in [-0.4, -0.2) is 40.2 Å². The number of rotatable bonds is 8. The number of hydrogen-bond donors (Lipinski definition) is 2. The molecule has 2 unspecified atom stereocenters. The van der Waals surface area contributed by atoms with E-state index in [-0.39, 0.29) is 17.7 Å². The number of ether oxygens (including phenoxy) is 2. The Bertz CT molecular complexity index is 1400. The van der Waals surface area contributed by atoms with Crippen LogP contribution in [-0.2, 0) is 4.79 Å². The van der Waals surface area contributed by atoms with E-state index >= 15 is 0 Å². The summed E-state index contributed by atoms with van der Waals surface area (Å²) in [5, 5.41) is 17.6. The van der Waals surface area contributed by atoms with Crippen LogP contribution in [0.5, 0.6) is 11.5 Å². The van der Waals surface area contributed by atoms with Crippen LogP contribution >= 0.6 is 0 Å². The molecule has 2 N–H and O–H groups in total. The first kappa shape index (κ1) is 23.5. The second-order valence-electron chi connectivity index (χ2n) is 9.11. The molecule has 3 aromatic carbocycles. The van der Waals surface area contributed by atoms with Gasteiger partial charge in [-0.2, -0.15) is 0 Å². The van der Waals surface area contributed by atoms with Gasteiger partial charge in [-0.3, -0.25) is 4.79 Å². The lowest BCUT2D eigenvalue weighted by molar-refractivity contribution is -0.117. The van der Waals surface area contributed by atoms with Gasteiger partial charge >= 0.3 is 0 Å². The van der Waals surface area contributed by atoms with E-state index < -0.39 is 0 Å². The Balaban J connectivity index is 1.46. The topological polar surface area (TPSA) is 102 Å². The van der Waals surface area contributed by atoms with Gasteiger partial charge in [-0.05, 0) is 90.1 Å². The minimum absolute atomic E-state index is 0.0294. The number of benzene rings is 3. The highest BCUT2D eigenvalue weighted by Gasteiger charge is 2.44. The van der Waals surface area contributed by atoms with Crippen LogP contribution in [0.1, 0.15) is 36.0 Å². The highest BCUT2D eigenvalue weighted by molar-refractivity contribution is 5.97. The van der Waals surface area contributed by atoms with E-state index in [1.54, 1.807) is 7.11 Å². The number of anilines is 1. The van der Waals surface area contributed by atoms with Gasteiger partial charge in [0.05, 0.1) is 13.7 Å². The Morgan fingerprint density at radius 1 is 1.08 bits per heavy atom. The number of amides is 1. The highest BCUT2D eigenvalue weighted by Crippen LogP contribution is 2.48. The largest absolute Gasteiger partial charge is 0.493 e. The van der Waals surface area contributed by atoms with E-state index in [0.29, 0.717) is 23.9 Å². The Labute approximate surface area is 210 Å². The summed E-state index contributed by atoms with van der Waals surface area (Å²) in [5.41, 5.74) is 6.72. The third-order valence-corrected chi connectivity index (χ3v) is 6.59. The quantitative estimate of drug-likeness (QED) is 0.353. The molecule has 8 heteroatoms. The van der Waals surface area contributed by atoms with E-state index in [0.717, 1.165) is 34.4 Å². The normalized spacial score (nSPS) is 16.4. The van der Waals surface area contributed by atoms with Crippen molar-refractivity contribution >= 4 is 11.6 Å². The Morgan fingerprint density at radius 2 is 1.94 bits per heavy atom. The molecule has 5 rings (SSSR count). The van der Waals surface area contributed by atoms with E-state index in [4.69, 9.17) is 9.47 Å². The number of nitrogens with one attached hydrogen (secondary N) is 2. The van der Waals surface area contributed by atoms with Crippen LogP contribution in [0.15, 0.2) is 54.6 Å². The predicted octanol–water partition coefficient (Wildman–Crippen LogP) is 5.30. The van der Waals surface area contributed by atoms with Crippen molar-refractivity contribution in [1.29, 1.82) is 0 Å². The molecule has 1 amide bonds. The first-order valence-corrected chi connectivity index (χ1v) is 12.1. The van der Waals surface area contributed by atoms with Crippen molar-refractivity contribution in [3.8, 4) is 34.0 Å². The molecule has 0 radical (unpaired) electrons. The molecule has 1 aromatic heterocycles. The molecule has 1 fully saturated rings. The monoisotopic (exact) mass is 483 g/mol. The summed E-state index contributed by atoms with van der Waals surface area (Å²) in [6, 6.07) is 18.2. The fourth-order valence-electron chi connectivity index (χ4n) is 4.64. The first-order chi connectivity index (χ1) is 17.5. The van der Waals surface area contributed by atoms with E-state index in [9.17, 15) is 4.79 Å². The number of aryl methyl sites for hydroxylation is 2. The van der Waals surface area contributed by atoms with Gasteiger partial charge in [-0.25, -0.2) is 5.10 Å². The molecular formula is C28H29N5O3. The molecule has 1 heterocycles. The number of aromatic amines is 1. The van der Waals surface area contributed by atoms with Gasteiger partial charge < -0.3 is 14.8 Å². The molecule has 1 saturated carbocycles. The molecule has 0 spiro atoms. The number of nitrogens with zero attached hydrogens (tertiary/aromatic N) is 3. The first-order valence-electron chi connectivity index (χ1n) is 12.1. The predicted molar refractivity (Wildman–Crippen MR) is 138 cm³/mol. The number of carbonyl (C=O) groups excluding carboxylic acids is 1. The highest BCUT2D eigenvalue weighted by atomic mass is 16.5. The summed E-state index contributed by atoms with van der Waals surface area (Å²) in [4.78, 5) is 13.1. The standard InChI is InChI=1S/C28H29N5O3/c1-5-36-25-10-9-19(13-26(25)35-4)20-12-17(3)24(15-22(20)27-30-32-33-31-27)29-28(34)23-14-21(23)18-8-6-7-16(2)11-18/h6-13,15,21,23H,5,14H2,1-4H3,(H,29,34)(H,30,31,32,33). The molecule has 8 nitrogen and oxygen atoms in total. The van der Waals surface area contributed by atoms with Crippen molar-refractivity contribution in [2.75, 3.05) is 19.0 Å². The average Bonchev–Trinajstić information content (AvgIpc) is 3.51. The lowest BCUT2D eigenvalue weighted by Gasteiger charge is -2.16. The fourth-order valence-corrected chi connectivity index (χ4v) is 4.64. The molecule has 4 aromatic rings. The molecule has 0 bridgehead atoms. The van der Waals surface area contributed by atoms with E-state index in [2.05, 4.69) is 57.1 Å². The third-order valence-electron chi connectivity index (χ3n) is 6.59. The molecule has 1 aliphatic carbocycles. The van der Waals surface area contributed by atoms with Crippen LogP contribution in [0.25, 0.3) is 22.5 Å². The van der Waals surface area contributed by atoms with Gasteiger partial charge in [0.15, 0.2) is 17.3 Å². The maximum atomic E-state index is 13.1. The van der Waals surface area contributed by atoms with Crippen molar-refractivity contribution < 1.29 is 14.3 Å². The van der Waals surface area contributed by atoms with E-state index in [1.807, 2.05) is 44.2 Å². The van der Waals surface area contributed by atoms with Crippen molar-refractivity contribution in [3.63, 3.8) is 0 Å². The molecular weight excluding hydrogens is 454 g/mol. The van der Waals surface area contributed by atoms with Crippen LogP contribution in [0.4, 0.5) is 5.69 Å². The van der Waals surface area contributed by atoms with Crippen LogP contribution in [0.2, 0.25) is 0 Å². The van der Waals surface area contributed by atoms with Gasteiger partial charge in [0.1, 0.15) is 0 Å². The molecule has 36 heavy (non-hydrogen) atoms. The Hall–Kier alpha value is -4.20. The number of aromatic nitrogens is 4. The summed E-state index contributed by atoms with van der Waals surface area (Å²) < 4.78 is 11.2. The minimum Gasteiger partial charge on any atom is -0.493 e. The molecule has 2 atom stereocenters. The number of carbonyl (C=O) groups is 1. The van der Waals surface area contributed by atoms with E-state index in [1.165, 1.54) is 11.1 Å². The Kier molecular flexibility index (Phi) is 6.41. The average molecular weight is 484 g/mol. The third kappa shape index (κ3) is 4.66. The van der Waals surface area contributed by atoms with Gasteiger partial charge in [0.25, 0.3) is 0 Å². The minimum atomic E-state index is -0.0309. The smallest absolute Gasteiger partial charge is 0.228 e. The lowest BCUT2D eigenvalue weighted by Crippen LogP contribution is -2.15. The van der Waals surface area contributed by atoms with Gasteiger partial charge in [-0.15, -0.1) is 5.10 Å². The molecule has 184 valence electrons. The lowest BCUT2D eigenvalue weighted by atomic mass is 9.95. The summed E-state index contributed by atoms with van der Waals surface area (Å²) in [6.45, 7) is 6.54. The number of hydrogen-bond acceptors (Lipinski definition) is 6. The van der Waals surface area contributed by atoms with Crippen LogP contribution < -0.4 is 14.8 Å². The van der Waals surface area contributed by atoms with Crippen molar-refractivity contribution in [2.24, 2.45) is 5.92 Å². The zero-order valence-electron chi connectivity index (χ0n) is 20.8. The maximum Gasteiger partial charge on any atom is 0.228 e. The van der Waals surface area contributed by atoms with Crippen molar-refractivity contribution in [1.82, 2.24) is 20.6 Å². The van der Waals surface area contributed by atoms with Gasteiger partial charge in [0, 0.05) is 17.2 Å². The molecule has 1 aliphatic rings. The number of methoxy groups -OCH3 is 1. The molecule has 0 saturated heterocycles. The zero-order valence-corrected chi connectivity index (χ0v) is 20.8. The number of tetrazole rings is 1. The second kappa shape index (κ2) is 9.81. The van der Waals surface area contributed by atoms with Gasteiger partial charge in [-0.1, -0.05) is 35.9 Å². The fraction of sp³-hybridized carbons (Fsp3) is 0.286. The van der Waals surface area contributed by atoms with Crippen LogP contribution in [0, 0.1) is 19.8 Å². The second-order valence-corrected chi connectivity index (χ2v) is 9.11. The Morgan fingerprint density at radius 3 is 2.67 bits per heavy atom. The summed E-state index contributed by atoms with van der Waals surface area (Å²) in [5.74, 6) is 2.09. The van der Waals surface area contributed by atoms with Gasteiger partial charge in [0.2, 0.25) is 5.91 Å². The SMILES string of the molecule is CCOc1ccc(-c2cc(C)c(NC(=O)C3CC3c3cccc(C)c3)cc2-c2nnn[nH]2)cc1OC. The summed E-state index contributed by atoms with van der Waals surface area (Å²) in [7, 11) is 1.62. The molecule has 0 aliphatic heterocycles. The summed E-state index contributed by atoms with van der Waals surface area (Å²) in [6.07, 6.45) is 0.858. The van der Waals surface area contributed by atoms with Crippen LogP contribution in [0.3, 0.4) is 0 Å². The number of H-pyrrole nitrogens is 1. The maximum absolute atomic E-state index is 13.1. The summed E-state index contributed by atoms with van der Waals surface area (Å²) >= 11 is 0. The zero-order chi connectivity index (χ0) is 25.2. The van der Waals surface area contributed by atoms with Crippen molar-refractivity contribution in [2.45, 2.75) is 33.1 Å².